The first-order valence-corrected chi connectivity index (χ1v) is 13.2. The van der Waals surface area contributed by atoms with E-state index in [9.17, 15) is 14.7 Å². The molecule has 1 unspecified atom stereocenters. The van der Waals surface area contributed by atoms with E-state index in [0.29, 0.717) is 39.2 Å². The summed E-state index contributed by atoms with van der Waals surface area (Å²) in [6, 6.07) is 24.4. The van der Waals surface area contributed by atoms with Crippen LogP contribution in [0, 0.1) is 0 Å². The number of Topliss-reactive ketones (excluding diaryl/α,β-unsaturated/α-hetero) is 1. The molecule has 1 saturated heterocycles. The molecule has 5 aromatic rings. The van der Waals surface area contributed by atoms with Gasteiger partial charge in [0.25, 0.3) is 5.78 Å². The molecule has 9 heteroatoms. The molecule has 7 nitrogen and oxygen atoms in total. The number of rotatable bonds is 6. The number of carbonyl (C=O) groups excluding carboxylic acids is 2. The molecule has 0 aliphatic carbocycles. The van der Waals surface area contributed by atoms with Crippen molar-refractivity contribution in [2.75, 3.05) is 4.90 Å². The lowest BCUT2D eigenvalue weighted by atomic mass is 9.95. The number of halogens is 1. The Kier molecular flexibility index (Phi) is 6.56. The minimum absolute atomic E-state index is 0.0264. The summed E-state index contributed by atoms with van der Waals surface area (Å²) < 4.78 is 6.69. The number of carbonyl (C=O) groups is 2. The van der Waals surface area contributed by atoms with Crippen LogP contribution in [0.5, 0.6) is 5.75 Å². The first-order chi connectivity index (χ1) is 19.0. The number of benzene rings is 3. The third-order valence-electron chi connectivity index (χ3n) is 6.39. The predicted octanol–water partition coefficient (Wildman–Crippen LogP) is 6.55. The van der Waals surface area contributed by atoms with E-state index in [1.165, 1.54) is 28.6 Å². The second kappa shape index (κ2) is 10.3. The van der Waals surface area contributed by atoms with Crippen LogP contribution >= 0.6 is 22.9 Å². The number of amides is 1. The number of ether oxygens (including phenoxy) is 1. The molecular weight excluding hydrogens is 534 g/mol. The average Bonchev–Trinajstić information content (AvgIpc) is 3.50. The molecule has 1 fully saturated rings. The van der Waals surface area contributed by atoms with E-state index in [1.807, 2.05) is 30.3 Å². The van der Waals surface area contributed by atoms with E-state index >= 15 is 0 Å². The Morgan fingerprint density at radius 3 is 2.46 bits per heavy atom. The van der Waals surface area contributed by atoms with Gasteiger partial charge in [-0.3, -0.25) is 19.5 Å². The van der Waals surface area contributed by atoms with Gasteiger partial charge < -0.3 is 9.84 Å². The fraction of sp³-hybridized carbons (Fsp3) is 0.0667. The minimum Gasteiger partial charge on any atom is -0.507 e. The van der Waals surface area contributed by atoms with Crippen LogP contribution in [0.3, 0.4) is 0 Å². The van der Waals surface area contributed by atoms with Crippen molar-refractivity contribution in [3.8, 4) is 5.75 Å². The summed E-state index contributed by atoms with van der Waals surface area (Å²) in [6.45, 7) is 0.398. The fourth-order valence-electron chi connectivity index (χ4n) is 4.49. The van der Waals surface area contributed by atoms with E-state index < -0.39 is 17.7 Å². The van der Waals surface area contributed by atoms with Crippen LogP contribution in [0.2, 0.25) is 5.02 Å². The predicted molar refractivity (Wildman–Crippen MR) is 151 cm³/mol. The number of aromatic nitrogens is 2. The van der Waals surface area contributed by atoms with E-state index in [-0.39, 0.29) is 11.3 Å². The molecule has 3 aromatic carbocycles. The van der Waals surface area contributed by atoms with Gasteiger partial charge in [0.1, 0.15) is 18.1 Å². The van der Waals surface area contributed by atoms with Crippen molar-refractivity contribution in [1.82, 2.24) is 9.97 Å². The summed E-state index contributed by atoms with van der Waals surface area (Å²) >= 11 is 7.41. The van der Waals surface area contributed by atoms with E-state index in [4.69, 9.17) is 16.3 Å². The number of thiazole rings is 1. The third kappa shape index (κ3) is 4.76. The highest BCUT2D eigenvalue weighted by Gasteiger charge is 2.48. The summed E-state index contributed by atoms with van der Waals surface area (Å²) in [5.74, 6) is -1.22. The zero-order chi connectivity index (χ0) is 26.9. The summed E-state index contributed by atoms with van der Waals surface area (Å²) in [5, 5.41) is 12.1. The van der Waals surface area contributed by atoms with Crippen molar-refractivity contribution in [1.29, 1.82) is 0 Å². The molecule has 2 aromatic heterocycles. The molecule has 192 valence electrons. The van der Waals surface area contributed by atoms with Crippen molar-refractivity contribution < 1.29 is 19.4 Å². The van der Waals surface area contributed by atoms with Crippen LogP contribution in [0.1, 0.15) is 22.7 Å². The molecule has 1 N–H and O–H groups in total. The van der Waals surface area contributed by atoms with Gasteiger partial charge in [0.2, 0.25) is 0 Å². The molecular formula is C30H20ClN3O4S. The topological polar surface area (TPSA) is 92.6 Å². The molecule has 6 rings (SSSR count). The lowest BCUT2D eigenvalue weighted by molar-refractivity contribution is -0.132. The second-order valence-corrected chi connectivity index (χ2v) is 10.3. The Hall–Kier alpha value is -4.53. The molecule has 0 saturated carbocycles. The largest absolute Gasteiger partial charge is 0.507 e. The van der Waals surface area contributed by atoms with E-state index in [1.54, 1.807) is 54.6 Å². The Labute approximate surface area is 232 Å². The summed E-state index contributed by atoms with van der Waals surface area (Å²) in [4.78, 5) is 36.8. The van der Waals surface area contributed by atoms with Crippen molar-refractivity contribution in [2.45, 2.75) is 12.6 Å². The van der Waals surface area contributed by atoms with Gasteiger partial charge in [-0.05, 0) is 53.6 Å². The lowest BCUT2D eigenvalue weighted by Crippen LogP contribution is -2.29. The highest BCUT2D eigenvalue weighted by Crippen LogP contribution is 2.44. The molecule has 0 spiro atoms. The van der Waals surface area contributed by atoms with Gasteiger partial charge in [-0.2, -0.15) is 0 Å². The van der Waals surface area contributed by atoms with Gasteiger partial charge in [0.15, 0.2) is 5.13 Å². The Morgan fingerprint density at radius 1 is 0.974 bits per heavy atom. The van der Waals surface area contributed by atoms with Crippen molar-refractivity contribution in [2.24, 2.45) is 0 Å². The maximum absolute atomic E-state index is 13.4. The maximum atomic E-state index is 13.4. The van der Waals surface area contributed by atoms with E-state index in [2.05, 4.69) is 9.97 Å². The number of fused-ring (bicyclic) bond motifs is 1. The van der Waals surface area contributed by atoms with E-state index in [0.717, 1.165) is 10.3 Å². The maximum Gasteiger partial charge on any atom is 0.301 e. The zero-order valence-corrected chi connectivity index (χ0v) is 21.9. The van der Waals surface area contributed by atoms with Crippen LogP contribution in [-0.2, 0) is 16.2 Å². The molecule has 1 amide bonds. The molecule has 0 radical (unpaired) electrons. The lowest BCUT2D eigenvalue weighted by Gasteiger charge is -2.23. The van der Waals surface area contributed by atoms with Crippen LogP contribution in [0.15, 0.2) is 103 Å². The number of pyridine rings is 1. The third-order valence-corrected chi connectivity index (χ3v) is 7.64. The standard InChI is InChI=1S/C30H20ClN3O4S/c31-21-8-11-23-24(16-21)39-30(33-23)34-26(25(28(36)29(34)37)27(35)20-12-14-32-15-13-20)19-6-9-22(10-7-19)38-17-18-4-2-1-3-5-18/h1-16,26,35H,17H2. The quantitative estimate of drug-likeness (QED) is 0.146. The van der Waals surface area contributed by atoms with Gasteiger partial charge in [-0.1, -0.05) is 65.4 Å². The number of ketones is 1. The van der Waals surface area contributed by atoms with Crippen molar-refractivity contribution in [3.63, 3.8) is 0 Å². The normalized spacial score (nSPS) is 16.6. The SMILES string of the molecule is O=C1C(=O)N(c2nc3ccc(Cl)cc3s2)C(c2ccc(OCc3ccccc3)cc2)C1=C(O)c1ccncc1. The van der Waals surface area contributed by atoms with Gasteiger partial charge in [0.05, 0.1) is 21.8 Å². The summed E-state index contributed by atoms with van der Waals surface area (Å²) in [6.07, 6.45) is 3.02. The highest BCUT2D eigenvalue weighted by molar-refractivity contribution is 7.22. The molecule has 39 heavy (non-hydrogen) atoms. The number of hydrogen-bond acceptors (Lipinski definition) is 7. The molecule has 1 aliphatic rings. The van der Waals surface area contributed by atoms with Gasteiger partial charge >= 0.3 is 5.91 Å². The Morgan fingerprint density at radius 2 is 1.72 bits per heavy atom. The minimum atomic E-state index is -0.905. The van der Waals surface area contributed by atoms with Crippen LogP contribution in [-0.4, -0.2) is 26.8 Å². The summed E-state index contributed by atoms with van der Waals surface area (Å²) in [7, 11) is 0. The fourth-order valence-corrected chi connectivity index (χ4v) is 5.76. The first-order valence-electron chi connectivity index (χ1n) is 12.0. The molecule has 3 heterocycles. The van der Waals surface area contributed by atoms with Crippen LogP contribution in [0.4, 0.5) is 5.13 Å². The monoisotopic (exact) mass is 553 g/mol. The number of anilines is 1. The van der Waals surface area contributed by atoms with Gasteiger partial charge in [0, 0.05) is 23.0 Å². The second-order valence-electron chi connectivity index (χ2n) is 8.86. The van der Waals surface area contributed by atoms with Crippen LogP contribution < -0.4 is 9.64 Å². The highest BCUT2D eigenvalue weighted by atomic mass is 35.5. The van der Waals surface area contributed by atoms with Gasteiger partial charge in [-0.25, -0.2) is 4.98 Å². The number of aliphatic hydroxyl groups is 1. The Balaban J connectivity index is 1.42. The smallest absolute Gasteiger partial charge is 0.301 e. The molecule has 1 atom stereocenters. The molecule has 0 bridgehead atoms. The van der Waals surface area contributed by atoms with Crippen molar-refractivity contribution >= 4 is 55.7 Å². The number of aliphatic hydroxyl groups excluding tert-OH is 1. The van der Waals surface area contributed by atoms with Crippen LogP contribution in [0.25, 0.3) is 16.0 Å². The van der Waals surface area contributed by atoms with Gasteiger partial charge in [-0.15, -0.1) is 0 Å². The van der Waals surface area contributed by atoms with Crippen molar-refractivity contribution in [3.05, 3.63) is 125 Å². The first kappa shape index (κ1) is 24.8. The molecule has 1 aliphatic heterocycles. The number of hydrogen-bond donors (Lipinski definition) is 1. The number of nitrogens with zero attached hydrogens (tertiary/aromatic N) is 3. The average molecular weight is 554 g/mol. The summed E-state index contributed by atoms with van der Waals surface area (Å²) in [5.41, 5.74) is 2.66. The Bertz CT molecular complexity index is 1720. The zero-order valence-electron chi connectivity index (χ0n) is 20.3.